The number of para-hydroxylation sites is 9. The Bertz CT molecular complexity index is 9520. The van der Waals surface area contributed by atoms with E-state index in [1.165, 1.54) is 214 Å². The first-order valence-electron chi connectivity index (χ1n) is 47.8. The highest BCUT2D eigenvalue weighted by atomic mass is 15.0. The molecule has 0 amide bonds. The van der Waals surface area contributed by atoms with Crippen LogP contribution < -0.4 is 0 Å². The van der Waals surface area contributed by atoms with Gasteiger partial charge in [0.05, 0.1) is 77.2 Å². The summed E-state index contributed by atoms with van der Waals surface area (Å²) < 4.78 is 16.9. The molecule has 650 valence electrons. The molecule has 29 aromatic rings. The fraction of sp³-hybridized carbons (Fsp3) is 0. The lowest BCUT2D eigenvalue weighted by Crippen LogP contribution is -1.97. The van der Waals surface area contributed by atoms with Crippen LogP contribution in [-0.4, -0.2) is 32.0 Å². The molecule has 0 unspecified atom stereocenters. The van der Waals surface area contributed by atoms with Crippen LogP contribution in [0, 0.1) is 0 Å². The van der Waals surface area contributed by atoms with Gasteiger partial charge in [-0.05, 0) is 232 Å². The van der Waals surface area contributed by atoms with Gasteiger partial charge < -0.3 is 32.0 Å². The predicted octanol–water partition coefficient (Wildman–Crippen LogP) is 35.1. The smallest absolute Gasteiger partial charge is 0.0562 e. The van der Waals surface area contributed by atoms with E-state index in [9.17, 15) is 0 Å². The zero-order valence-corrected chi connectivity index (χ0v) is 75.9. The van der Waals surface area contributed by atoms with Crippen LogP contribution in [0.4, 0.5) is 0 Å². The van der Waals surface area contributed by atoms with E-state index in [-0.39, 0.29) is 0 Å². The minimum absolute atomic E-state index is 1.14. The largest absolute Gasteiger partial charge is 0.309 e. The van der Waals surface area contributed by atoms with Gasteiger partial charge in [0, 0.05) is 115 Å². The van der Waals surface area contributed by atoms with Gasteiger partial charge in [-0.15, -0.1) is 0 Å². The highest BCUT2D eigenvalue weighted by Crippen LogP contribution is 2.47. The van der Waals surface area contributed by atoms with Crippen molar-refractivity contribution >= 4 is 153 Å². The van der Waals surface area contributed by atoms with Crippen LogP contribution >= 0.6 is 0 Å². The molecule has 29 rings (SSSR count). The molecule has 7 heteroatoms. The molecule has 0 saturated carbocycles. The van der Waals surface area contributed by atoms with E-state index < -0.39 is 0 Å². The Labute approximate surface area is 802 Å². The summed E-state index contributed by atoms with van der Waals surface area (Å²) in [6.45, 7) is 0. The van der Waals surface area contributed by atoms with Gasteiger partial charge in [-0.2, -0.15) is 0 Å². The molecule has 0 aliphatic heterocycles. The van der Waals surface area contributed by atoms with Crippen molar-refractivity contribution in [1.29, 1.82) is 0 Å². The van der Waals surface area contributed by atoms with Gasteiger partial charge in [0.25, 0.3) is 0 Å². The summed E-state index contributed by atoms with van der Waals surface area (Å²) in [6, 6.07) is 191. The topological polar surface area (TPSA) is 34.5 Å². The van der Waals surface area contributed by atoms with Gasteiger partial charge in [-0.1, -0.05) is 352 Å². The summed E-state index contributed by atoms with van der Waals surface area (Å²) in [5.41, 5.74) is 37.1. The van der Waals surface area contributed by atoms with E-state index in [1.54, 1.807) is 0 Å². The molecule has 0 radical (unpaired) electrons. The second kappa shape index (κ2) is 33.3. The lowest BCUT2D eigenvalue weighted by molar-refractivity contribution is 1.14. The van der Waals surface area contributed by atoms with Crippen LogP contribution in [0.25, 0.3) is 248 Å². The van der Waals surface area contributed by atoms with Crippen molar-refractivity contribution in [2.75, 3.05) is 0 Å². The van der Waals surface area contributed by atoms with Gasteiger partial charge in [-0.25, -0.2) is 0 Å². The molecule has 7 nitrogen and oxygen atoms in total. The van der Waals surface area contributed by atoms with Crippen LogP contribution in [0.5, 0.6) is 0 Å². The number of hydrogen-bond acceptors (Lipinski definition) is 0. The van der Waals surface area contributed by atoms with Crippen molar-refractivity contribution in [1.82, 2.24) is 32.0 Å². The summed E-state index contributed by atoms with van der Waals surface area (Å²) >= 11 is 0. The maximum Gasteiger partial charge on any atom is 0.0562 e. The maximum absolute atomic E-state index is 2.46. The third-order valence-corrected chi connectivity index (χ3v) is 28.4. The Kier molecular flexibility index (Phi) is 19.2. The van der Waals surface area contributed by atoms with Gasteiger partial charge in [0.1, 0.15) is 0 Å². The molecule has 0 aliphatic rings. The fourth-order valence-electron chi connectivity index (χ4n) is 22.1. The average Bonchev–Trinajstić information content (AvgIpc) is 1.55. The van der Waals surface area contributed by atoms with E-state index in [0.717, 1.165) is 34.1 Å². The minimum atomic E-state index is 1.14. The summed E-state index contributed by atoms with van der Waals surface area (Å²) in [7, 11) is 0. The Morgan fingerprint density at radius 3 is 0.453 bits per heavy atom. The molecule has 22 aromatic carbocycles. The molecule has 7 heterocycles. The van der Waals surface area contributed by atoms with Crippen LogP contribution in [0.2, 0.25) is 0 Å². The van der Waals surface area contributed by atoms with E-state index >= 15 is 0 Å². The Morgan fingerprint density at radius 1 is 0.0791 bits per heavy atom. The predicted molar refractivity (Wildman–Crippen MR) is 587 cm³/mol. The molecule has 139 heavy (non-hydrogen) atoms. The Hall–Kier alpha value is -18.6. The van der Waals surface area contributed by atoms with Gasteiger partial charge in [0.2, 0.25) is 0 Å². The van der Waals surface area contributed by atoms with Crippen molar-refractivity contribution in [2.24, 2.45) is 0 Å². The number of benzene rings is 22. The van der Waals surface area contributed by atoms with Crippen molar-refractivity contribution < 1.29 is 0 Å². The third-order valence-electron chi connectivity index (χ3n) is 28.4. The van der Waals surface area contributed by atoms with Crippen molar-refractivity contribution in [3.05, 3.63) is 528 Å². The van der Waals surface area contributed by atoms with E-state index in [0.29, 0.717) is 0 Å². The normalized spacial score (nSPS) is 11.7. The second-order valence-electron chi connectivity index (χ2n) is 36.2. The summed E-state index contributed by atoms with van der Waals surface area (Å²) in [5.74, 6) is 0. The molecule has 0 saturated heterocycles. The van der Waals surface area contributed by atoms with Crippen molar-refractivity contribution in [3.63, 3.8) is 0 Å². The van der Waals surface area contributed by atoms with E-state index in [4.69, 9.17) is 0 Å². The number of fused-ring (bicyclic) bond motifs is 21. The molecule has 0 N–H and O–H groups in total. The van der Waals surface area contributed by atoms with Gasteiger partial charge >= 0.3 is 0 Å². The summed E-state index contributed by atoms with van der Waals surface area (Å²) in [4.78, 5) is 0. The first kappa shape index (κ1) is 80.1. The van der Waals surface area contributed by atoms with Gasteiger partial charge in [0.15, 0.2) is 0 Å². The van der Waals surface area contributed by atoms with E-state index in [2.05, 4.69) is 560 Å². The molecule has 0 aliphatic carbocycles. The van der Waals surface area contributed by atoms with Crippen LogP contribution in [0.3, 0.4) is 0 Å². The molecular formula is C132H87N7. The SMILES string of the molecule is c1ccc(-c2ccc(-n3c4ccccc4c4cc5c6ccccc6n(-c6cc(-c7ccccc7)cc(-c7ccccc7)c6)c5cc43)cc2)cc1.c1ccc(-c2ccc(-n3c4ccccc4c4cc5c6ccccc6n(-c6ccc(-c7ccccc7)cc6)c5cc43)cc2)cc1.c1ccc(-n2c3ccccc3c3cc4c5ccccc5n(-c5ccc(-n6c7ccccc7c7ccccc76)cc5)c4cc32)cc1. The molecule has 0 bridgehead atoms. The monoisotopic (exact) mass is 1770 g/mol. The zero-order valence-electron chi connectivity index (χ0n) is 75.9. The van der Waals surface area contributed by atoms with E-state index in [1.807, 2.05) is 0 Å². The first-order chi connectivity index (χ1) is 69.0. The Balaban J connectivity index is 0.000000105. The minimum Gasteiger partial charge on any atom is -0.309 e. The molecule has 0 fully saturated rings. The number of aromatic nitrogens is 7. The summed E-state index contributed by atoms with van der Waals surface area (Å²) in [5, 5.41) is 17.7. The highest BCUT2D eigenvalue weighted by molar-refractivity contribution is 6.23. The second-order valence-corrected chi connectivity index (χ2v) is 36.2. The van der Waals surface area contributed by atoms with Gasteiger partial charge in [-0.3, -0.25) is 0 Å². The first-order valence-corrected chi connectivity index (χ1v) is 47.8. The number of rotatable bonds is 12. The van der Waals surface area contributed by atoms with Crippen LogP contribution in [0.15, 0.2) is 528 Å². The maximum atomic E-state index is 2.46. The zero-order chi connectivity index (χ0) is 91.5. The fourth-order valence-corrected chi connectivity index (χ4v) is 22.1. The molecule has 0 atom stereocenters. The van der Waals surface area contributed by atoms with Crippen LogP contribution in [-0.2, 0) is 0 Å². The third kappa shape index (κ3) is 13.5. The van der Waals surface area contributed by atoms with Crippen molar-refractivity contribution in [2.45, 2.75) is 0 Å². The lowest BCUT2D eigenvalue weighted by atomic mass is 9.98. The average molecular weight is 1770 g/mol. The quantitative estimate of drug-likeness (QED) is 0.117. The molecule has 7 aromatic heterocycles. The Morgan fingerprint density at radius 2 is 0.230 bits per heavy atom. The lowest BCUT2D eigenvalue weighted by Gasteiger charge is -2.14. The van der Waals surface area contributed by atoms with Crippen molar-refractivity contribution in [3.8, 4) is 95.4 Å². The summed E-state index contributed by atoms with van der Waals surface area (Å²) in [6.07, 6.45) is 0. The molecule has 0 spiro atoms. The standard InChI is InChI=1S/C48H32N2.C42H27N3.C42H28N2/c1-4-14-33(15-5-1)36-24-26-39(27-25-36)49-45-22-12-10-20-41(45)43-31-44-42-21-11-13-23-46(42)50(48(44)32-47(43)49)40-29-37(34-16-6-2-7-17-34)28-38(30-40)35-18-8-3-9-19-35;1-2-12-28(13-3-1)44-39-20-10-6-16-33(39)35-26-36-34-17-7-11-21-40(34)45(42(36)27-41(35)44)30-24-22-29(23-25-30)43-37-18-8-4-14-31(37)32-15-5-9-19-38(32)43;1-3-11-29(12-4-1)31-19-23-33(24-20-31)43-39-17-9-7-15-35(39)37-27-38-36-16-8-10-18-40(36)44(42(38)28-41(37)43)34-25-21-32(22-26-34)30-13-5-2-6-14-30/h1-32H;1-27H;1-28H. The number of nitrogens with zero attached hydrogens (tertiary/aromatic N) is 7. The highest BCUT2D eigenvalue weighted by Gasteiger charge is 2.25. The van der Waals surface area contributed by atoms with Crippen LogP contribution in [0.1, 0.15) is 0 Å². The molecular weight excluding hydrogens is 1680 g/mol. The number of hydrogen-bond donors (Lipinski definition) is 0.